The summed E-state index contributed by atoms with van der Waals surface area (Å²) in [6.07, 6.45) is -3.45. The molecule has 1 aliphatic rings. The molecule has 0 aromatic carbocycles. The standard InChI is InChI=1S/C7H12O4/c1-3-5(8)7(10)6(9)4(2)11-3/h3-5,7-8,10H,1-2H3/t3-,4?,5?,7?/m0/s1. The lowest BCUT2D eigenvalue weighted by atomic mass is 9.98. The molecule has 4 heteroatoms. The van der Waals surface area contributed by atoms with Crippen LogP contribution in [0.3, 0.4) is 0 Å². The van der Waals surface area contributed by atoms with Gasteiger partial charge in [0.2, 0.25) is 0 Å². The largest absolute Gasteiger partial charge is 0.387 e. The number of carbonyl (C=O) groups excluding carboxylic acids is 1. The lowest BCUT2D eigenvalue weighted by molar-refractivity contribution is -0.176. The molecule has 3 unspecified atom stereocenters. The van der Waals surface area contributed by atoms with Crippen molar-refractivity contribution in [1.82, 2.24) is 0 Å². The average Bonchev–Trinajstić information content (AvgIpc) is 1.97. The first-order valence-electron chi connectivity index (χ1n) is 3.59. The van der Waals surface area contributed by atoms with Gasteiger partial charge in [-0.1, -0.05) is 0 Å². The third-order valence-corrected chi connectivity index (χ3v) is 1.92. The normalized spacial score (nSPS) is 46.0. The van der Waals surface area contributed by atoms with Gasteiger partial charge in [0.05, 0.1) is 6.10 Å². The topological polar surface area (TPSA) is 66.8 Å². The van der Waals surface area contributed by atoms with E-state index in [2.05, 4.69) is 0 Å². The molecule has 0 aliphatic carbocycles. The van der Waals surface area contributed by atoms with Crippen LogP contribution in [0.15, 0.2) is 0 Å². The molecule has 1 saturated heterocycles. The fraction of sp³-hybridized carbons (Fsp3) is 0.857. The number of Topliss-reactive ketones (excluding diaryl/α,β-unsaturated/α-hetero) is 1. The highest BCUT2D eigenvalue weighted by molar-refractivity contribution is 5.88. The van der Waals surface area contributed by atoms with E-state index >= 15 is 0 Å². The van der Waals surface area contributed by atoms with E-state index < -0.39 is 30.2 Å². The number of carbonyl (C=O) groups is 1. The van der Waals surface area contributed by atoms with Gasteiger partial charge in [-0.2, -0.15) is 0 Å². The van der Waals surface area contributed by atoms with Gasteiger partial charge in [-0.15, -0.1) is 0 Å². The van der Waals surface area contributed by atoms with E-state index in [1.165, 1.54) is 0 Å². The Morgan fingerprint density at radius 2 is 1.91 bits per heavy atom. The molecule has 1 heterocycles. The minimum atomic E-state index is -1.28. The zero-order valence-corrected chi connectivity index (χ0v) is 6.52. The van der Waals surface area contributed by atoms with E-state index in [9.17, 15) is 4.79 Å². The second-order valence-corrected chi connectivity index (χ2v) is 2.82. The Hall–Kier alpha value is -0.450. The molecule has 1 aliphatic heterocycles. The Morgan fingerprint density at radius 1 is 1.36 bits per heavy atom. The zero-order valence-electron chi connectivity index (χ0n) is 6.52. The quantitative estimate of drug-likeness (QED) is 0.481. The number of rotatable bonds is 0. The smallest absolute Gasteiger partial charge is 0.192 e. The van der Waals surface area contributed by atoms with Gasteiger partial charge in [0.1, 0.15) is 18.3 Å². The minimum absolute atomic E-state index is 0.449. The number of aliphatic hydroxyl groups excluding tert-OH is 2. The van der Waals surface area contributed by atoms with Crippen molar-refractivity contribution in [1.29, 1.82) is 0 Å². The molecule has 1 rings (SSSR count). The molecule has 0 spiro atoms. The molecule has 0 saturated carbocycles. The van der Waals surface area contributed by atoms with Crippen molar-refractivity contribution in [3.05, 3.63) is 0 Å². The number of hydrogen-bond donors (Lipinski definition) is 2. The summed E-state index contributed by atoms with van der Waals surface area (Å²) in [7, 11) is 0. The van der Waals surface area contributed by atoms with Gasteiger partial charge < -0.3 is 14.9 Å². The minimum Gasteiger partial charge on any atom is -0.387 e. The molecule has 0 bridgehead atoms. The lowest BCUT2D eigenvalue weighted by Gasteiger charge is -2.32. The Labute approximate surface area is 64.8 Å². The Morgan fingerprint density at radius 3 is 2.45 bits per heavy atom. The van der Waals surface area contributed by atoms with E-state index in [1.807, 2.05) is 0 Å². The molecule has 2 N–H and O–H groups in total. The average molecular weight is 160 g/mol. The Kier molecular flexibility index (Phi) is 2.27. The molecule has 0 radical (unpaired) electrons. The van der Waals surface area contributed by atoms with E-state index in [4.69, 9.17) is 14.9 Å². The lowest BCUT2D eigenvalue weighted by Crippen LogP contribution is -2.52. The van der Waals surface area contributed by atoms with Gasteiger partial charge in [-0.05, 0) is 13.8 Å². The van der Waals surface area contributed by atoms with Gasteiger partial charge in [-0.3, -0.25) is 4.79 Å². The fourth-order valence-electron chi connectivity index (χ4n) is 1.14. The van der Waals surface area contributed by atoms with Crippen LogP contribution in [0, 0.1) is 0 Å². The molecule has 4 nitrogen and oxygen atoms in total. The van der Waals surface area contributed by atoms with Crippen LogP contribution in [0.25, 0.3) is 0 Å². The Balaban J connectivity index is 2.70. The summed E-state index contributed by atoms with van der Waals surface area (Å²) in [6.45, 7) is 3.19. The Bertz CT molecular complexity index is 168. The van der Waals surface area contributed by atoms with Gasteiger partial charge in [0, 0.05) is 0 Å². The predicted molar refractivity (Wildman–Crippen MR) is 37.0 cm³/mol. The maximum absolute atomic E-state index is 10.9. The van der Waals surface area contributed by atoms with Crippen LogP contribution in [-0.4, -0.2) is 40.4 Å². The van der Waals surface area contributed by atoms with Gasteiger partial charge in [0.15, 0.2) is 5.78 Å². The summed E-state index contributed by atoms with van der Waals surface area (Å²) in [5.74, 6) is -0.449. The first-order valence-corrected chi connectivity index (χ1v) is 3.59. The van der Waals surface area contributed by atoms with Gasteiger partial charge >= 0.3 is 0 Å². The second kappa shape index (κ2) is 2.89. The summed E-state index contributed by atoms with van der Waals surface area (Å²) >= 11 is 0. The van der Waals surface area contributed by atoms with Crippen LogP contribution in [0.2, 0.25) is 0 Å². The molecule has 11 heavy (non-hydrogen) atoms. The number of ketones is 1. The molecule has 1 fully saturated rings. The van der Waals surface area contributed by atoms with Crippen molar-refractivity contribution in [3.8, 4) is 0 Å². The maximum atomic E-state index is 10.9. The van der Waals surface area contributed by atoms with E-state index in [0.29, 0.717) is 0 Å². The van der Waals surface area contributed by atoms with E-state index in [-0.39, 0.29) is 0 Å². The molecule has 0 aromatic rings. The van der Waals surface area contributed by atoms with E-state index in [1.54, 1.807) is 13.8 Å². The molecular formula is C7H12O4. The highest BCUT2D eigenvalue weighted by Gasteiger charge is 2.38. The van der Waals surface area contributed by atoms with Crippen molar-refractivity contribution in [2.75, 3.05) is 0 Å². The molecule has 4 atom stereocenters. The highest BCUT2D eigenvalue weighted by atomic mass is 16.5. The predicted octanol–water partition coefficient (Wildman–Crippen LogP) is -0.916. The maximum Gasteiger partial charge on any atom is 0.192 e. The van der Waals surface area contributed by atoms with Gasteiger partial charge in [0.25, 0.3) is 0 Å². The van der Waals surface area contributed by atoms with Crippen LogP contribution in [0.4, 0.5) is 0 Å². The monoisotopic (exact) mass is 160 g/mol. The van der Waals surface area contributed by atoms with Crippen molar-refractivity contribution >= 4 is 5.78 Å². The van der Waals surface area contributed by atoms with Crippen LogP contribution in [-0.2, 0) is 9.53 Å². The first-order chi connectivity index (χ1) is 5.04. The SMILES string of the molecule is CC1O[C@@H](C)C(O)C(O)C1=O. The number of ether oxygens (including phenoxy) is 1. The third kappa shape index (κ3) is 1.42. The highest BCUT2D eigenvalue weighted by Crippen LogP contribution is 2.16. The molecule has 64 valence electrons. The summed E-state index contributed by atoms with van der Waals surface area (Å²) < 4.78 is 5.02. The van der Waals surface area contributed by atoms with Gasteiger partial charge in [-0.25, -0.2) is 0 Å². The van der Waals surface area contributed by atoms with Crippen molar-refractivity contribution in [2.24, 2.45) is 0 Å². The van der Waals surface area contributed by atoms with Crippen LogP contribution in [0.5, 0.6) is 0 Å². The summed E-state index contributed by atoms with van der Waals surface area (Å²) in [6, 6.07) is 0. The molecule has 0 aromatic heterocycles. The third-order valence-electron chi connectivity index (χ3n) is 1.92. The van der Waals surface area contributed by atoms with Crippen molar-refractivity contribution in [2.45, 2.75) is 38.3 Å². The summed E-state index contributed by atoms with van der Waals surface area (Å²) in [5.41, 5.74) is 0. The zero-order chi connectivity index (χ0) is 8.59. The van der Waals surface area contributed by atoms with Crippen LogP contribution >= 0.6 is 0 Å². The van der Waals surface area contributed by atoms with Crippen LogP contribution in [0.1, 0.15) is 13.8 Å². The van der Waals surface area contributed by atoms with Crippen molar-refractivity contribution < 1.29 is 19.7 Å². The van der Waals surface area contributed by atoms with Crippen LogP contribution < -0.4 is 0 Å². The van der Waals surface area contributed by atoms with E-state index in [0.717, 1.165) is 0 Å². The number of hydrogen-bond acceptors (Lipinski definition) is 4. The molecule has 0 amide bonds. The summed E-state index contributed by atoms with van der Waals surface area (Å²) in [4.78, 5) is 10.9. The fourth-order valence-corrected chi connectivity index (χ4v) is 1.14. The first kappa shape index (κ1) is 8.64. The second-order valence-electron chi connectivity index (χ2n) is 2.82. The molecular weight excluding hydrogens is 148 g/mol. The van der Waals surface area contributed by atoms with Crippen molar-refractivity contribution in [3.63, 3.8) is 0 Å². The number of aliphatic hydroxyl groups is 2. The summed E-state index contributed by atoms with van der Waals surface area (Å²) in [5, 5.41) is 18.2.